The van der Waals surface area contributed by atoms with Gasteiger partial charge in [-0.1, -0.05) is 30.3 Å². The Kier molecular flexibility index (Phi) is 4.97. The number of urea groups is 1. The third-order valence-electron chi connectivity index (χ3n) is 4.20. The molecule has 26 heavy (non-hydrogen) atoms. The van der Waals surface area contributed by atoms with Gasteiger partial charge in [0, 0.05) is 5.56 Å². The number of carbonyl (C=O) groups excluding carboxylic acids is 2. The summed E-state index contributed by atoms with van der Waals surface area (Å²) in [5, 5.41) is 5.49. The van der Waals surface area contributed by atoms with Gasteiger partial charge >= 0.3 is 12.0 Å². The Morgan fingerprint density at radius 1 is 1.12 bits per heavy atom. The van der Waals surface area contributed by atoms with Gasteiger partial charge in [0.1, 0.15) is 5.56 Å². The van der Waals surface area contributed by atoms with Gasteiger partial charge in [0.15, 0.2) is 11.5 Å². The topological polar surface area (TPSA) is 85.9 Å². The van der Waals surface area contributed by atoms with Crippen LogP contribution < -0.4 is 20.1 Å². The van der Waals surface area contributed by atoms with Crippen LogP contribution in [0.15, 0.2) is 42.5 Å². The maximum Gasteiger partial charge on any atom is 0.344 e. The molecule has 0 fully saturated rings. The van der Waals surface area contributed by atoms with Crippen molar-refractivity contribution in [2.24, 2.45) is 0 Å². The fraction of sp³-hybridized carbons (Fsp3) is 0.263. The highest BCUT2D eigenvalue weighted by Crippen LogP contribution is 2.40. The number of methoxy groups -OCH3 is 2. The van der Waals surface area contributed by atoms with E-state index in [1.54, 1.807) is 12.1 Å². The molecular weight excluding hydrogens is 336 g/mol. The van der Waals surface area contributed by atoms with Gasteiger partial charge in [-0.2, -0.15) is 0 Å². The van der Waals surface area contributed by atoms with Crippen LogP contribution in [0.3, 0.4) is 0 Å². The van der Waals surface area contributed by atoms with Gasteiger partial charge in [-0.05, 0) is 24.6 Å². The van der Waals surface area contributed by atoms with E-state index >= 15 is 0 Å². The molecule has 2 aromatic rings. The first-order chi connectivity index (χ1) is 12.5. The minimum atomic E-state index is -0.889. The quantitative estimate of drug-likeness (QED) is 0.805. The largest absolute Gasteiger partial charge is 0.493 e. The van der Waals surface area contributed by atoms with E-state index in [1.807, 2.05) is 37.3 Å². The van der Waals surface area contributed by atoms with E-state index in [0.717, 1.165) is 5.56 Å². The van der Waals surface area contributed by atoms with E-state index in [4.69, 9.17) is 14.2 Å². The summed E-state index contributed by atoms with van der Waals surface area (Å²) in [6.07, 6.45) is -0.889. The predicted octanol–water partition coefficient (Wildman–Crippen LogP) is 2.93. The summed E-state index contributed by atoms with van der Waals surface area (Å²) in [6, 6.07) is 12.3. The number of amides is 2. The zero-order valence-corrected chi connectivity index (χ0v) is 14.7. The minimum Gasteiger partial charge on any atom is -0.493 e. The average molecular weight is 356 g/mol. The van der Waals surface area contributed by atoms with Crippen LogP contribution in [0.4, 0.5) is 4.79 Å². The first-order valence-corrected chi connectivity index (χ1v) is 8.13. The molecule has 0 spiro atoms. The second kappa shape index (κ2) is 7.35. The lowest BCUT2D eigenvalue weighted by molar-refractivity contribution is 0.0335. The van der Waals surface area contributed by atoms with Crippen molar-refractivity contribution in [1.82, 2.24) is 10.6 Å². The number of ether oxygens (including phenoxy) is 3. The highest BCUT2D eigenvalue weighted by atomic mass is 16.6. The van der Waals surface area contributed by atoms with Crippen LogP contribution in [-0.4, -0.2) is 26.2 Å². The Balaban J connectivity index is 1.75. The second-order valence-electron chi connectivity index (χ2n) is 5.80. The number of hydrogen-bond donors (Lipinski definition) is 2. The highest BCUT2D eigenvalue weighted by molar-refractivity contribution is 5.98. The molecule has 136 valence electrons. The summed E-state index contributed by atoms with van der Waals surface area (Å²) in [7, 11) is 2.93. The first-order valence-electron chi connectivity index (χ1n) is 8.13. The number of carbonyl (C=O) groups is 2. The van der Waals surface area contributed by atoms with Crippen LogP contribution in [0.5, 0.6) is 11.5 Å². The molecule has 0 unspecified atom stereocenters. The van der Waals surface area contributed by atoms with Crippen molar-refractivity contribution in [1.29, 1.82) is 0 Å². The van der Waals surface area contributed by atoms with E-state index in [2.05, 4.69) is 10.6 Å². The third kappa shape index (κ3) is 3.28. The van der Waals surface area contributed by atoms with Crippen LogP contribution in [0, 0.1) is 0 Å². The van der Waals surface area contributed by atoms with E-state index in [-0.39, 0.29) is 17.4 Å². The molecule has 0 aliphatic carbocycles. The molecule has 2 aromatic carbocycles. The summed E-state index contributed by atoms with van der Waals surface area (Å²) in [6.45, 7) is 1.87. The van der Waals surface area contributed by atoms with Crippen LogP contribution >= 0.6 is 0 Å². The van der Waals surface area contributed by atoms with E-state index in [0.29, 0.717) is 11.3 Å². The average Bonchev–Trinajstić information content (AvgIpc) is 2.97. The van der Waals surface area contributed by atoms with E-state index < -0.39 is 18.2 Å². The Morgan fingerprint density at radius 3 is 2.50 bits per heavy atom. The predicted molar refractivity (Wildman–Crippen MR) is 94.2 cm³/mol. The Hall–Kier alpha value is -3.22. The SMILES string of the molecule is COc1ccc2c(c1OC)C(=O)O[C@H]2NC(=O)N[C@H](C)c1ccccc1. The van der Waals surface area contributed by atoms with Gasteiger partial charge < -0.3 is 19.5 Å². The lowest BCUT2D eigenvalue weighted by atomic mass is 10.1. The summed E-state index contributed by atoms with van der Waals surface area (Å²) in [4.78, 5) is 24.5. The molecule has 2 amide bonds. The molecule has 3 rings (SSSR count). The number of esters is 1. The maximum atomic E-state index is 12.3. The zero-order valence-electron chi connectivity index (χ0n) is 14.7. The number of cyclic esters (lactones) is 1. The number of rotatable bonds is 5. The highest BCUT2D eigenvalue weighted by Gasteiger charge is 2.36. The van der Waals surface area contributed by atoms with Crippen LogP contribution in [0.2, 0.25) is 0 Å². The molecule has 0 saturated carbocycles. The normalized spacial score (nSPS) is 16.3. The van der Waals surface area contributed by atoms with Crippen molar-refractivity contribution < 1.29 is 23.8 Å². The lowest BCUT2D eigenvalue weighted by Crippen LogP contribution is -2.39. The number of hydrogen-bond acceptors (Lipinski definition) is 5. The molecular formula is C19H20N2O5. The molecule has 2 N–H and O–H groups in total. The van der Waals surface area contributed by atoms with Crippen molar-refractivity contribution in [2.75, 3.05) is 14.2 Å². The fourth-order valence-corrected chi connectivity index (χ4v) is 2.89. The fourth-order valence-electron chi connectivity index (χ4n) is 2.89. The van der Waals surface area contributed by atoms with Crippen LogP contribution in [0.25, 0.3) is 0 Å². The van der Waals surface area contributed by atoms with Gasteiger partial charge in [-0.3, -0.25) is 5.32 Å². The number of benzene rings is 2. The van der Waals surface area contributed by atoms with Crippen LogP contribution in [0.1, 0.15) is 40.7 Å². The monoisotopic (exact) mass is 356 g/mol. The number of fused-ring (bicyclic) bond motifs is 1. The zero-order chi connectivity index (χ0) is 18.7. The van der Waals surface area contributed by atoms with Gasteiger partial charge in [0.25, 0.3) is 0 Å². The van der Waals surface area contributed by atoms with Crippen molar-refractivity contribution in [2.45, 2.75) is 19.2 Å². The molecule has 7 nitrogen and oxygen atoms in total. The van der Waals surface area contributed by atoms with Crippen molar-refractivity contribution in [3.8, 4) is 11.5 Å². The summed E-state index contributed by atoms with van der Waals surface area (Å²) in [5.41, 5.74) is 1.75. The summed E-state index contributed by atoms with van der Waals surface area (Å²) >= 11 is 0. The Morgan fingerprint density at radius 2 is 1.85 bits per heavy atom. The van der Waals surface area contributed by atoms with Crippen molar-refractivity contribution >= 4 is 12.0 Å². The van der Waals surface area contributed by atoms with Gasteiger partial charge in [0.05, 0.1) is 20.3 Å². The molecule has 2 atom stereocenters. The Labute approximate surface area is 151 Å². The standard InChI is InChI=1S/C19H20N2O5/c1-11(12-7-5-4-6-8-12)20-19(23)21-17-13-9-10-14(24-2)16(25-3)15(13)18(22)26-17/h4-11,17H,1-3H3,(H2,20,21,23)/t11-,17-/m1/s1. The molecule has 0 bridgehead atoms. The summed E-state index contributed by atoms with van der Waals surface area (Å²) in [5.74, 6) is 0.139. The summed E-state index contributed by atoms with van der Waals surface area (Å²) < 4.78 is 15.8. The third-order valence-corrected chi connectivity index (χ3v) is 4.20. The molecule has 0 saturated heterocycles. The first kappa shape index (κ1) is 17.6. The lowest BCUT2D eigenvalue weighted by Gasteiger charge is -2.18. The molecule has 1 aliphatic heterocycles. The molecule has 0 radical (unpaired) electrons. The van der Waals surface area contributed by atoms with Crippen molar-refractivity contribution in [3.63, 3.8) is 0 Å². The molecule has 0 aromatic heterocycles. The molecule has 1 heterocycles. The van der Waals surface area contributed by atoms with Gasteiger partial charge in [-0.15, -0.1) is 0 Å². The van der Waals surface area contributed by atoms with E-state index in [9.17, 15) is 9.59 Å². The van der Waals surface area contributed by atoms with Crippen molar-refractivity contribution in [3.05, 3.63) is 59.2 Å². The van der Waals surface area contributed by atoms with Gasteiger partial charge in [-0.25, -0.2) is 9.59 Å². The maximum absolute atomic E-state index is 12.3. The molecule has 7 heteroatoms. The Bertz CT molecular complexity index is 822. The molecule has 1 aliphatic rings. The second-order valence-corrected chi connectivity index (χ2v) is 5.80. The minimum absolute atomic E-state index is 0.196. The van der Waals surface area contributed by atoms with E-state index in [1.165, 1.54) is 14.2 Å². The van der Waals surface area contributed by atoms with Gasteiger partial charge in [0.2, 0.25) is 6.23 Å². The number of nitrogens with one attached hydrogen (secondary N) is 2. The van der Waals surface area contributed by atoms with Crippen LogP contribution in [-0.2, 0) is 4.74 Å². The smallest absolute Gasteiger partial charge is 0.344 e.